The minimum Gasteiger partial charge on any atom is -0.491 e. The first-order valence-electron chi connectivity index (χ1n) is 7.39. The first-order valence-corrected chi connectivity index (χ1v) is 9.29. The fourth-order valence-electron chi connectivity index (χ4n) is 2.05. The van der Waals surface area contributed by atoms with E-state index in [0.29, 0.717) is 24.4 Å². The molecule has 0 aliphatic heterocycles. The van der Waals surface area contributed by atoms with Crippen LogP contribution in [-0.2, 0) is 10.0 Å². The summed E-state index contributed by atoms with van der Waals surface area (Å²) >= 11 is 0. The van der Waals surface area contributed by atoms with E-state index >= 15 is 0 Å². The third-order valence-electron chi connectivity index (χ3n) is 3.19. The summed E-state index contributed by atoms with van der Waals surface area (Å²) < 4.78 is 30.2. The Balaban J connectivity index is 1.81. The van der Waals surface area contributed by atoms with Crippen molar-refractivity contribution in [3.8, 4) is 5.75 Å². The van der Waals surface area contributed by atoms with Crippen molar-refractivity contribution < 1.29 is 17.9 Å². The lowest BCUT2D eigenvalue weighted by Gasteiger charge is -2.10. The SMILES string of the molecule is Cc1ccccc1OCCNC(=O)c1ccc(NS(C)(=O)=O)cc1. The molecular formula is C17H20N2O4S. The predicted octanol–water partition coefficient (Wildman–Crippen LogP) is 2.18. The number of aryl methyl sites for hydroxylation is 1. The molecule has 2 rings (SSSR count). The highest BCUT2D eigenvalue weighted by molar-refractivity contribution is 7.92. The Morgan fingerprint density at radius 2 is 1.75 bits per heavy atom. The lowest BCUT2D eigenvalue weighted by atomic mass is 10.2. The van der Waals surface area contributed by atoms with Crippen LogP contribution in [0.1, 0.15) is 15.9 Å². The zero-order chi connectivity index (χ0) is 17.6. The first-order chi connectivity index (χ1) is 11.3. The molecule has 0 radical (unpaired) electrons. The lowest BCUT2D eigenvalue weighted by Crippen LogP contribution is -2.28. The summed E-state index contributed by atoms with van der Waals surface area (Å²) in [6.45, 7) is 2.70. The molecule has 7 heteroatoms. The third kappa shape index (κ3) is 5.58. The van der Waals surface area contributed by atoms with E-state index in [-0.39, 0.29) is 5.91 Å². The molecule has 2 N–H and O–H groups in total. The molecule has 0 fully saturated rings. The van der Waals surface area contributed by atoms with Crippen LogP contribution in [-0.4, -0.2) is 33.7 Å². The number of benzene rings is 2. The minimum absolute atomic E-state index is 0.241. The standard InChI is InChI=1S/C17H20N2O4S/c1-13-5-3-4-6-16(13)23-12-11-18-17(20)14-7-9-15(10-8-14)19-24(2,21)22/h3-10,19H,11-12H2,1-2H3,(H,18,20). The second-order valence-electron chi connectivity index (χ2n) is 5.32. The summed E-state index contributed by atoms with van der Waals surface area (Å²) in [6, 6.07) is 13.9. The van der Waals surface area contributed by atoms with Crippen molar-refractivity contribution in [2.24, 2.45) is 0 Å². The Kier molecular flexibility index (Phi) is 5.81. The van der Waals surface area contributed by atoms with Gasteiger partial charge in [-0.2, -0.15) is 0 Å². The van der Waals surface area contributed by atoms with Gasteiger partial charge in [-0.25, -0.2) is 8.42 Å². The van der Waals surface area contributed by atoms with Gasteiger partial charge in [0, 0.05) is 11.3 Å². The van der Waals surface area contributed by atoms with Crippen LogP contribution in [0.5, 0.6) is 5.75 Å². The van der Waals surface area contributed by atoms with Gasteiger partial charge < -0.3 is 10.1 Å². The van der Waals surface area contributed by atoms with Crippen molar-refractivity contribution >= 4 is 21.6 Å². The third-order valence-corrected chi connectivity index (χ3v) is 3.80. The van der Waals surface area contributed by atoms with Crippen LogP contribution in [0.25, 0.3) is 0 Å². The van der Waals surface area contributed by atoms with Crippen LogP contribution < -0.4 is 14.8 Å². The van der Waals surface area contributed by atoms with Crippen LogP contribution >= 0.6 is 0 Å². The van der Waals surface area contributed by atoms with Gasteiger partial charge in [-0.15, -0.1) is 0 Å². The molecule has 0 saturated heterocycles. The van der Waals surface area contributed by atoms with Crippen molar-refractivity contribution in [2.75, 3.05) is 24.1 Å². The van der Waals surface area contributed by atoms with E-state index in [1.807, 2.05) is 31.2 Å². The monoisotopic (exact) mass is 348 g/mol. The van der Waals surface area contributed by atoms with Gasteiger partial charge in [0.05, 0.1) is 12.8 Å². The molecule has 0 aliphatic carbocycles. The summed E-state index contributed by atoms with van der Waals surface area (Å²) in [5.41, 5.74) is 1.90. The molecule has 2 aromatic carbocycles. The maximum Gasteiger partial charge on any atom is 0.251 e. The van der Waals surface area contributed by atoms with Crippen LogP contribution in [0.2, 0.25) is 0 Å². The van der Waals surface area contributed by atoms with Gasteiger partial charge in [0.15, 0.2) is 0 Å². The van der Waals surface area contributed by atoms with Crippen LogP contribution in [0.15, 0.2) is 48.5 Å². The molecule has 0 spiro atoms. The Labute approximate surface area is 141 Å². The molecule has 128 valence electrons. The molecule has 24 heavy (non-hydrogen) atoms. The molecule has 1 amide bonds. The molecular weight excluding hydrogens is 328 g/mol. The number of carbonyl (C=O) groups excluding carboxylic acids is 1. The number of rotatable bonds is 7. The number of nitrogens with one attached hydrogen (secondary N) is 2. The van der Waals surface area contributed by atoms with E-state index in [1.165, 1.54) is 0 Å². The van der Waals surface area contributed by atoms with E-state index in [0.717, 1.165) is 17.6 Å². The molecule has 0 aliphatic rings. The summed E-state index contributed by atoms with van der Waals surface area (Å²) in [5, 5.41) is 2.75. The number of amides is 1. The molecule has 0 aromatic heterocycles. The zero-order valence-corrected chi connectivity index (χ0v) is 14.4. The number of ether oxygens (including phenoxy) is 1. The fraction of sp³-hybridized carbons (Fsp3) is 0.235. The van der Waals surface area contributed by atoms with Crippen molar-refractivity contribution in [3.05, 3.63) is 59.7 Å². The van der Waals surface area contributed by atoms with E-state index in [1.54, 1.807) is 24.3 Å². The summed E-state index contributed by atoms with van der Waals surface area (Å²) in [6.07, 6.45) is 1.07. The number of sulfonamides is 1. The zero-order valence-electron chi connectivity index (χ0n) is 13.6. The highest BCUT2D eigenvalue weighted by Crippen LogP contribution is 2.15. The first kappa shape index (κ1) is 17.8. The van der Waals surface area contributed by atoms with E-state index in [2.05, 4.69) is 10.0 Å². The largest absolute Gasteiger partial charge is 0.491 e. The quantitative estimate of drug-likeness (QED) is 0.751. The van der Waals surface area contributed by atoms with E-state index in [4.69, 9.17) is 4.74 Å². The van der Waals surface area contributed by atoms with Gasteiger partial charge >= 0.3 is 0 Å². The minimum atomic E-state index is -3.32. The Hall–Kier alpha value is -2.54. The summed E-state index contributed by atoms with van der Waals surface area (Å²) in [5.74, 6) is 0.553. The van der Waals surface area contributed by atoms with Gasteiger partial charge in [0.1, 0.15) is 12.4 Å². The molecule has 0 atom stereocenters. The van der Waals surface area contributed by atoms with Crippen molar-refractivity contribution in [2.45, 2.75) is 6.92 Å². The van der Waals surface area contributed by atoms with Gasteiger partial charge in [0.2, 0.25) is 10.0 Å². The maximum atomic E-state index is 12.0. The second-order valence-corrected chi connectivity index (χ2v) is 7.07. The molecule has 2 aromatic rings. The van der Waals surface area contributed by atoms with Crippen LogP contribution in [0.3, 0.4) is 0 Å². The smallest absolute Gasteiger partial charge is 0.251 e. The summed E-state index contributed by atoms with van der Waals surface area (Å²) in [4.78, 5) is 12.0. The second kappa shape index (κ2) is 7.83. The molecule has 6 nitrogen and oxygen atoms in total. The Bertz CT molecular complexity index is 802. The normalized spacial score (nSPS) is 10.9. The molecule has 0 saturated carbocycles. The predicted molar refractivity (Wildman–Crippen MR) is 93.9 cm³/mol. The van der Waals surface area contributed by atoms with Crippen molar-refractivity contribution in [3.63, 3.8) is 0 Å². The van der Waals surface area contributed by atoms with Crippen LogP contribution in [0, 0.1) is 6.92 Å². The molecule has 0 heterocycles. The highest BCUT2D eigenvalue weighted by Gasteiger charge is 2.07. The number of carbonyl (C=O) groups is 1. The van der Waals surface area contributed by atoms with Gasteiger partial charge in [0.25, 0.3) is 5.91 Å². The lowest BCUT2D eigenvalue weighted by molar-refractivity contribution is 0.0947. The Morgan fingerprint density at radius 3 is 2.38 bits per heavy atom. The van der Waals surface area contributed by atoms with Crippen molar-refractivity contribution in [1.82, 2.24) is 5.32 Å². The van der Waals surface area contributed by atoms with Gasteiger partial charge in [-0.3, -0.25) is 9.52 Å². The van der Waals surface area contributed by atoms with E-state index < -0.39 is 10.0 Å². The summed E-state index contributed by atoms with van der Waals surface area (Å²) in [7, 11) is -3.32. The molecule has 0 bridgehead atoms. The average Bonchev–Trinajstić information content (AvgIpc) is 2.52. The fourth-order valence-corrected chi connectivity index (χ4v) is 2.61. The van der Waals surface area contributed by atoms with Crippen LogP contribution in [0.4, 0.5) is 5.69 Å². The van der Waals surface area contributed by atoms with Gasteiger partial charge in [-0.05, 0) is 42.8 Å². The maximum absolute atomic E-state index is 12.0. The average molecular weight is 348 g/mol. The highest BCUT2D eigenvalue weighted by atomic mass is 32.2. The topological polar surface area (TPSA) is 84.5 Å². The van der Waals surface area contributed by atoms with E-state index in [9.17, 15) is 13.2 Å². The number of hydrogen-bond acceptors (Lipinski definition) is 4. The number of para-hydroxylation sites is 1. The van der Waals surface area contributed by atoms with Crippen molar-refractivity contribution in [1.29, 1.82) is 0 Å². The number of anilines is 1. The number of hydrogen-bond donors (Lipinski definition) is 2. The molecule has 0 unspecified atom stereocenters. The Morgan fingerprint density at radius 1 is 1.08 bits per heavy atom. The van der Waals surface area contributed by atoms with Gasteiger partial charge in [-0.1, -0.05) is 18.2 Å².